The highest BCUT2D eigenvalue weighted by atomic mass is 14.9. The lowest BCUT2D eigenvalue weighted by molar-refractivity contribution is 0.579. The predicted octanol–water partition coefficient (Wildman–Crippen LogP) is 0.109. The molecule has 2 nitrogen and oxygen atoms in total. The molecule has 3 N–H and O–H groups in total. The van der Waals surface area contributed by atoms with Crippen molar-refractivity contribution in [1.29, 1.82) is 0 Å². The molecule has 0 aromatic heterocycles. The van der Waals surface area contributed by atoms with E-state index in [9.17, 15) is 0 Å². The fourth-order valence-corrected chi connectivity index (χ4v) is 0.533. The highest BCUT2D eigenvalue weighted by Gasteiger charge is 1.96. The molecule has 0 saturated heterocycles. The van der Waals surface area contributed by atoms with E-state index in [1.54, 1.807) is 0 Å². The van der Waals surface area contributed by atoms with Gasteiger partial charge in [0.05, 0.1) is 0 Å². The van der Waals surface area contributed by atoms with Gasteiger partial charge in [-0.25, -0.2) is 0 Å². The van der Waals surface area contributed by atoms with Gasteiger partial charge >= 0.3 is 0 Å². The van der Waals surface area contributed by atoms with Crippen LogP contribution in [0, 0.1) is 0 Å². The highest BCUT2D eigenvalue weighted by Crippen LogP contribution is 1.86. The largest absolute Gasteiger partial charge is 0.329 e. The zero-order chi connectivity index (χ0) is 6.41. The van der Waals surface area contributed by atoms with Gasteiger partial charge in [0.2, 0.25) is 0 Å². The molecule has 0 aliphatic rings. The molecule has 0 aliphatic heterocycles. The molecule has 2 heteroatoms. The van der Waals surface area contributed by atoms with Gasteiger partial charge in [0, 0.05) is 12.6 Å². The minimum absolute atomic E-state index is 0.410. The molecule has 0 aromatic rings. The molecule has 0 fully saturated rings. The first-order valence-corrected chi connectivity index (χ1v) is 2.83. The van der Waals surface area contributed by atoms with Crippen LogP contribution in [-0.2, 0) is 0 Å². The molecule has 0 amide bonds. The maximum Gasteiger partial charge on any atom is 0.0221 e. The molecule has 0 bridgehead atoms. The van der Waals surface area contributed by atoms with Crippen molar-refractivity contribution in [1.82, 2.24) is 5.32 Å². The zero-order valence-electron chi connectivity index (χ0n) is 5.35. The van der Waals surface area contributed by atoms with Crippen LogP contribution in [0.2, 0.25) is 0 Å². The van der Waals surface area contributed by atoms with E-state index < -0.39 is 0 Å². The van der Waals surface area contributed by atoms with Crippen LogP contribution in [0.25, 0.3) is 0 Å². The summed E-state index contributed by atoms with van der Waals surface area (Å²) >= 11 is 0. The maximum absolute atomic E-state index is 5.36. The van der Waals surface area contributed by atoms with Gasteiger partial charge in [0.25, 0.3) is 0 Å². The molecular formula is C6H14N2. The highest BCUT2D eigenvalue weighted by molar-refractivity contribution is 4.76. The Hall–Kier alpha value is -0.340. The smallest absolute Gasteiger partial charge is 0.0221 e. The normalized spacial score (nSPS) is 13.2. The van der Waals surface area contributed by atoms with Crippen molar-refractivity contribution in [2.45, 2.75) is 12.5 Å². The second kappa shape index (κ2) is 4.81. The second-order valence-electron chi connectivity index (χ2n) is 1.75. The number of nitrogens with two attached hydrogens (primary N) is 1. The van der Waals surface area contributed by atoms with E-state index in [0.29, 0.717) is 12.6 Å². The maximum atomic E-state index is 5.36. The third-order valence-electron chi connectivity index (χ3n) is 1.14. The molecule has 0 aromatic carbocycles. The van der Waals surface area contributed by atoms with Crippen molar-refractivity contribution >= 4 is 0 Å². The van der Waals surface area contributed by atoms with Crippen LogP contribution in [0.4, 0.5) is 0 Å². The first kappa shape index (κ1) is 7.66. The first-order valence-electron chi connectivity index (χ1n) is 2.83. The topological polar surface area (TPSA) is 38.0 Å². The zero-order valence-corrected chi connectivity index (χ0v) is 5.35. The molecule has 0 rings (SSSR count). The lowest BCUT2D eigenvalue weighted by Crippen LogP contribution is -2.32. The van der Waals surface area contributed by atoms with E-state index in [-0.39, 0.29) is 0 Å². The van der Waals surface area contributed by atoms with E-state index in [0.717, 1.165) is 6.42 Å². The van der Waals surface area contributed by atoms with Gasteiger partial charge in [-0.3, -0.25) is 0 Å². The molecule has 0 spiro atoms. The summed E-state index contributed by atoms with van der Waals surface area (Å²) in [6, 6.07) is 0.410. The van der Waals surface area contributed by atoms with Crippen LogP contribution >= 0.6 is 0 Å². The molecule has 1 unspecified atom stereocenters. The van der Waals surface area contributed by atoms with E-state index in [1.165, 1.54) is 0 Å². The molecule has 48 valence electrons. The SMILES string of the molecule is C=CCC(CN)NC. The van der Waals surface area contributed by atoms with Crippen molar-refractivity contribution in [2.24, 2.45) is 5.73 Å². The lowest BCUT2D eigenvalue weighted by Gasteiger charge is -2.08. The Balaban J connectivity index is 3.20. The van der Waals surface area contributed by atoms with Crippen molar-refractivity contribution in [3.8, 4) is 0 Å². The first-order chi connectivity index (χ1) is 3.85. The monoisotopic (exact) mass is 114 g/mol. The fourth-order valence-electron chi connectivity index (χ4n) is 0.533. The quantitative estimate of drug-likeness (QED) is 0.509. The minimum Gasteiger partial charge on any atom is -0.329 e. The minimum atomic E-state index is 0.410. The Labute approximate surface area is 50.8 Å². The van der Waals surface area contributed by atoms with Gasteiger partial charge < -0.3 is 11.1 Å². The van der Waals surface area contributed by atoms with Gasteiger partial charge in [-0.15, -0.1) is 6.58 Å². The summed E-state index contributed by atoms with van der Waals surface area (Å²) in [5.41, 5.74) is 5.36. The van der Waals surface area contributed by atoms with Crippen molar-refractivity contribution in [2.75, 3.05) is 13.6 Å². The number of likely N-dealkylation sites (N-methyl/N-ethyl adjacent to an activating group) is 1. The Kier molecular flexibility index (Phi) is 4.61. The average Bonchev–Trinajstić information content (AvgIpc) is 1.83. The summed E-state index contributed by atoms with van der Waals surface area (Å²) in [6.07, 6.45) is 2.82. The van der Waals surface area contributed by atoms with E-state index in [4.69, 9.17) is 5.73 Å². The standard InChI is InChI=1S/C6H14N2/c1-3-4-6(5-7)8-2/h3,6,8H,1,4-5,7H2,2H3. The Morgan fingerprint density at radius 1 is 1.88 bits per heavy atom. The summed E-state index contributed by atoms with van der Waals surface area (Å²) in [7, 11) is 1.90. The van der Waals surface area contributed by atoms with Crippen molar-refractivity contribution in [3.63, 3.8) is 0 Å². The van der Waals surface area contributed by atoms with Crippen molar-refractivity contribution < 1.29 is 0 Å². The number of hydrogen-bond acceptors (Lipinski definition) is 2. The summed E-state index contributed by atoms with van der Waals surface area (Å²) in [4.78, 5) is 0. The van der Waals surface area contributed by atoms with Crippen LogP contribution in [0.3, 0.4) is 0 Å². The lowest BCUT2D eigenvalue weighted by atomic mass is 10.2. The Morgan fingerprint density at radius 2 is 2.50 bits per heavy atom. The van der Waals surface area contributed by atoms with Crippen LogP contribution in [0.15, 0.2) is 12.7 Å². The van der Waals surface area contributed by atoms with Crippen LogP contribution in [0.5, 0.6) is 0 Å². The molecule has 0 aliphatic carbocycles. The van der Waals surface area contributed by atoms with Crippen molar-refractivity contribution in [3.05, 3.63) is 12.7 Å². The summed E-state index contributed by atoms with van der Waals surface area (Å²) in [5.74, 6) is 0. The Bertz CT molecular complexity index is 57.5. The third-order valence-corrected chi connectivity index (χ3v) is 1.14. The van der Waals surface area contributed by atoms with Gasteiger partial charge in [-0.05, 0) is 13.5 Å². The summed E-state index contributed by atoms with van der Waals surface area (Å²) in [6.45, 7) is 4.28. The van der Waals surface area contributed by atoms with E-state index >= 15 is 0 Å². The summed E-state index contributed by atoms with van der Waals surface area (Å²) < 4.78 is 0. The average molecular weight is 114 g/mol. The molecule has 8 heavy (non-hydrogen) atoms. The second-order valence-corrected chi connectivity index (χ2v) is 1.75. The Morgan fingerprint density at radius 3 is 2.62 bits per heavy atom. The third kappa shape index (κ3) is 2.77. The van der Waals surface area contributed by atoms with Crippen LogP contribution < -0.4 is 11.1 Å². The molecular weight excluding hydrogens is 100 g/mol. The molecule has 0 radical (unpaired) electrons. The van der Waals surface area contributed by atoms with Gasteiger partial charge in [-0.1, -0.05) is 6.08 Å². The number of rotatable bonds is 4. The van der Waals surface area contributed by atoms with Crippen LogP contribution in [0.1, 0.15) is 6.42 Å². The molecule has 1 atom stereocenters. The van der Waals surface area contributed by atoms with Gasteiger partial charge in [-0.2, -0.15) is 0 Å². The van der Waals surface area contributed by atoms with Crippen LogP contribution in [-0.4, -0.2) is 19.6 Å². The fraction of sp³-hybridized carbons (Fsp3) is 0.667. The van der Waals surface area contributed by atoms with E-state index in [1.807, 2.05) is 13.1 Å². The molecule has 0 saturated carbocycles. The predicted molar refractivity (Wildman–Crippen MR) is 36.7 cm³/mol. The summed E-state index contributed by atoms with van der Waals surface area (Å²) in [5, 5.41) is 3.06. The van der Waals surface area contributed by atoms with Gasteiger partial charge in [0.15, 0.2) is 0 Å². The van der Waals surface area contributed by atoms with E-state index in [2.05, 4.69) is 11.9 Å². The number of nitrogens with one attached hydrogen (secondary N) is 1. The number of hydrogen-bond donors (Lipinski definition) is 2. The molecule has 0 heterocycles. The van der Waals surface area contributed by atoms with Gasteiger partial charge in [0.1, 0.15) is 0 Å².